The van der Waals surface area contributed by atoms with Crippen LogP contribution < -0.4 is 10.7 Å². The molecule has 0 spiro atoms. The van der Waals surface area contributed by atoms with Gasteiger partial charge in [-0.25, -0.2) is 9.07 Å². The Balaban J connectivity index is 2.03. The molecule has 0 fully saturated rings. The number of carbonyl (C=O) groups excluding carboxylic acids is 1. The van der Waals surface area contributed by atoms with Crippen LogP contribution in [0.15, 0.2) is 47.4 Å². The molecule has 8 heteroatoms. The fourth-order valence-electron chi connectivity index (χ4n) is 2.23. The number of carbonyl (C=O) groups is 1. The summed E-state index contributed by atoms with van der Waals surface area (Å²) in [5.74, 6) is -0.918. The summed E-state index contributed by atoms with van der Waals surface area (Å²) in [5.41, 5.74) is -0.315. The van der Waals surface area contributed by atoms with Crippen molar-refractivity contribution >= 4 is 11.7 Å². The van der Waals surface area contributed by atoms with E-state index < -0.39 is 17.2 Å². The van der Waals surface area contributed by atoms with Crippen LogP contribution in [0.25, 0.3) is 5.69 Å². The van der Waals surface area contributed by atoms with Gasteiger partial charge >= 0.3 is 0 Å². The molecule has 0 unspecified atom stereocenters. The van der Waals surface area contributed by atoms with Crippen LogP contribution in [0.1, 0.15) is 16.2 Å². The SMILES string of the molecule is Cc1cc(=O)c(C(=O)Nc2ccn(C)n2)nn1-c1ccccc1F. The summed E-state index contributed by atoms with van der Waals surface area (Å²) in [6, 6.07) is 8.81. The van der Waals surface area contributed by atoms with Gasteiger partial charge in [-0.1, -0.05) is 12.1 Å². The number of hydrogen-bond donors (Lipinski definition) is 1. The molecule has 1 amide bonds. The first-order chi connectivity index (χ1) is 11.5. The van der Waals surface area contributed by atoms with E-state index in [1.54, 1.807) is 38.4 Å². The van der Waals surface area contributed by atoms with Gasteiger partial charge in [0.15, 0.2) is 11.5 Å². The molecular formula is C16H14FN5O2. The van der Waals surface area contributed by atoms with Gasteiger partial charge in [-0.2, -0.15) is 10.2 Å². The number of aryl methyl sites for hydroxylation is 2. The fourth-order valence-corrected chi connectivity index (χ4v) is 2.23. The summed E-state index contributed by atoms with van der Waals surface area (Å²) in [6.45, 7) is 1.61. The van der Waals surface area contributed by atoms with Crippen LogP contribution in [0.4, 0.5) is 10.2 Å². The minimum atomic E-state index is -0.705. The lowest BCUT2D eigenvalue weighted by molar-refractivity contribution is 0.101. The molecule has 0 aliphatic heterocycles. The molecule has 122 valence electrons. The highest BCUT2D eigenvalue weighted by Crippen LogP contribution is 2.13. The van der Waals surface area contributed by atoms with Gasteiger partial charge in [-0.3, -0.25) is 14.3 Å². The third kappa shape index (κ3) is 2.94. The van der Waals surface area contributed by atoms with Crippen LogP contribution in [0.3, 0.4) is 0 Å². The zero-order valence-electron chi connectivity index (χ0n) is 13.0. The van der Waals surface area contributed by atoms with E-state index in [4.69, 9.17) is 0 Å². The average molecular weight is 327 g/mol. The van der Waals surface area contributed by atoms with Gasteiger partial charge in [-0.05, 0) is 19.1 Å². The lowest BCUT2D eigenvalue weighted by Crippen LogP contribution is -2.27. The quantitative estimate of drug-likeness (QED) is 0.793. The van der Waals surface area contributed by atoms with Gasteiger partial charge in [0.2, 0.25) is 5.43 Å². The second-order valence-electron chi connectivity index (χ2n) is 5.19. The Labute approximate surface area is 136 Å². The number of halogens is 1. The first kappa shape index (κ1) is 15.6. The number of anilines is 1. The predicted octanol–water partition coefficient (Wildman–Crippen LogP) is 1.67. The van der Waals surface area contributed by atoms with Crippen molar-refractivity contribution in [2.75, 3.05) is 5.32 Å². The maximum absolute atomic E-state index is 14.0. The summed E-state index contributed by atoms with van der Waals surface area (Å²) in [6.07, 6.45) is 1.65. The molecule has 0 bridgehead atoms. The maximum Gasteiger partial charge on any atom is 0.281 e. The molecule has 0 aliphatic carbocycles. The van der Waals surface area contributed by atoms with Gasteiger partial charge in [0.25, 0.3) is 5.91 Å². The Kier molecular flexibility index (Phi) is 3.95. The summed E-state index contributed by atoms with van der Waals surface area (Å²) < 4.78 is 16.7. The molecule has 3 rings (SSSR count). The van der Waals surface area contributed by atoms with Crippen molar-refractivity contribution in [3.05, 3.63) is 70.0 Å². The lowest BCUT2D eigenvalue weighted by atomic mass is 10.2. The Bertz CT molecular complexity index is 977. The van der Waals surface area contributed by atoms with Crippen LogP contribution in [-0.4, -0.2) is 25.5 Å². The van der Waals surface area contributed by atoms with Crippen molar-refractivity contribution < 1.29 is 9.18 Å². The minimum Gasteiger partial charge on any atom is -0.304 e. The standard InChI is InChI=1S/C16H14FN5O2/c1-10-9-13(23)15(16(24)18-14-7-8-21(2)19-14)20-22(10)12-6-4-3-5-11(12)17/h3-9H,1-2H3,(H,18,19,24). The van der Waals surface area contributed by atoms with Gasteiger partial charge in [0.05, 0.1) is 0 Å². The summed E-state index contributed by atoms with van der Waals surface area (Å²) >= 11 is 0. The molecule has 2 heterocycles. The monoisotopic (exact) mass is 327 g/mol. The molecule has 0 aliphatic rings. The third-order valence-corrected chi connectivity index (χ3v) is 3.36. The molecule has 7 nitrogen and oxygen atoms in total. The van der Waals surface area contributed by atoms with Crippen molar-refractivity contribution in [1.82, 2.24) is 19.6 Å². The zero-order valence-corrected chi connectivity index (χ0v) is 13.0. The summed E-state index contributed by atoms with van der Waals surface area (Å²) in [7, 11) is 1.70. The molecular weight excluding hydrogens is 313 g/mol. The predicted molar refractivity (Wildman–Crippen MR) is 85.7 cm³/mol. The van der Waals surface area contributed by atoms with Crippen molar-refractivity contribution in [3.63, 3.8) is 0 Å². The zero-order chi connectivity index (χ0) is 17.3. The molecule has 0 saturated heterocycles. The number of aromatic nitrogens is 4. The van der Waals surface area contributed by atoms with Crippen LogP contribution in [0.2, 0.25) is 0 Å². The Hall–Kier alpha value is -3.29. The molecule has 0 saturated carbocycles. The highest BCUT2D eigenvalue weighted by atomic mass is 19.1. The Morgan fingerprint density at radius 3 is 2.62 bits per heavy atom. The van der Waals surface area contributed by atoms with Crippen molar-refractivity contribution in [1.29, 1.82) is 0 Å². The molecule has 24 heavy (non-hydrogen) atoms. The maximum atomic E-state index is 14.0. The van der Waals surface area contributed by atoms with E-state index >= 15 is 0 Å². The smallest absolute Gasteiger partial charge is 0.281 e. The number of nitrogens with one attached hydrogen (secondary N) is 1. The van der Waals surface area contributed by atoms with Crippen molar-refractivity contribution in [2.45, 2.75) is 6.92 Å². The Morgan fingerprint density at radius 2 is 1.96 bits per heavy atom. The van der Waals surface area contributed by atoms with Crippen LogP contribution in [-0.2, 0) is 7.05 Å². The highest BCUT2D eigenvalue weighted by molar-refractivity contribution is 6.02. The van der Waals surface area contributed by atoms with E-state index in [9.17, 15) is 14.0 Å². The van der Waals surface area contributed by atoms with E-state index in [-0.39, 0.29) is 11.4 Å². The van der Waals surface area contributed by atoms with E-state index in [0.717, 1.165) is 0 Å². The number of hydrogen-bond acceptors (Lipinski definition) is 4. The third-order valence-electron chi connectivity index (χ3n) is 3.36. The number of nitrogens with zero attached hydrogens (tertiary/aromatic N) is 4. The average Bonchev–Trinajstić information content (AvgIpc) is 2.93. The largest absolute Gasteiger partial charge is 0.304 e. The van der Waals surface area contributed by atoms with Gasteiger partial charge in [0.1, 0.15) is 11.5 Å². The number of amides is 1. The van der Waals surface area contributed by atoms with Crippen LogP contribution in [0, 0.1) is 12.7 Å². The van der Waals surface area contributed by atoms with E-state index in [1.807, 2.05) is 0 Å². The molecule has 3 aromatic rings. The molecule has 2 aromatic heterocycles. The molecule has 1 N–H and O–H groups in total. The number of para-hydroxylation sites is 1. The highest BCUT2D eigenvalue weighted by Gasteiger charge is 2.17. The van der Waals surface area contributed by atoms with Gasteiger partial charge in [0, 0.05) is 31.1 Å². The molecule has 1 aromatic carbocycles. The second-order valence-corrected chi connectivity index (χ2v) is 5.19. The first-order valence-electron chi connectivity index (χ1n) is 7.12. The minimum absolute atomic E-state index is 0.155. The second kappa shape index (κ2) is 6.07. The first-order valence-corrected chi connectivity index (χ1v) is 7.12. The molecule has 0 atom stereocenters. The fraction of sp³-hybridized carbons (Fsp3) is 0.125. The van der Waals surface area contributed by atoms with E-state index in [0.29, 0.717) is 11.5 Å². The van der Waals surface area contributed by atoms with Crippen molar-refractivity contribution in [2.24, 2.45) is 7.05 Å². The Morgan fingerprint density at radius 1 is 1.21 bits per heavy atom. The summed E-state index contributed by atoms with van der Waals surface area (Å²) in [5, 5.41) is 10.5. The number of rotatable bonds is 3. The van der Waals surface area contributed by atoms with Crippen LogP contribution >= 0.6 is 0 Å². The molecule has 0 radical (unpaired) electrons. The van der Waals surface area contributed by atoms with E-state index in [2.05, 4.69) is 15.5 Å². The normalized spacial score (nSPS) is 10.6. The lowest BCUT2D eigenvalue weighted by Gasteiger charge is -2.11. The van der Waals surface area contributed by atoms with Crippen LogP contribution in [0.5, 0.6) is 0 Å². The topological polar surface area (TPSA) is 81.8 Å². The van der Waals surface area contributed by atoms with Gasteiger partial charge < -0.3 is 5.32 Å². The number of benzene rings is 1. The van der Waals surface area contributed by atoms with Gasteiger partial charge in [-0.15, -0.1) is 0 Å². The van der Waals surface area contributed by atoms with E-state index in [1.165, 1.54) is 27.6 Å². The van der Waals surface area contributed by atoms with Crippen molar-refractivity contribution in [3.8, 4) is 5.69 Å². The summed E-state index contributed by atoms with van der Waals surface area (Å²) in [4.78, 5) is 24.4.